The number of carbonyl (C=O) groups excluding carboxylic acids is 1. The molecule has 0 saturated heterocycles. The highest BCUT2D eigenvalue weighted by molar-refractivity contribution is 6.17. The Balaban J connectivity index is 2.24. The second-order valence-electron chi connectivity index (χ2n) is 5.08. The van der Waals surface area contributed by atoms with Crippen molar-refractivity contribution in [3.8, 4) is 0 Å². The number of carbonyl (C=O) groups is 1. The van der Waals surface area contributed by atoms with Crippen LogP contribution in [0.15, 0.2) is 54.6 Å². The van der Waals surface area contributed by atoms with Crippen molar-refractivity contribution in [2.45, 2.75) is 6.92 Å². The summed E-state index contributed by atoms with van der Waals surface area (Å²) in [5.41, 5.74) is 7.61. The minimum Gasteiger partial charge on any atom is -0.399 e. The molecule has 0 aliphatic rings. The summed E-state index contributed by atoms with van der Waals surface area (Å²) in [5, 5.41) is 1.85. The van der Waals surface area contributed by atoms with Crippen LogP contribution in [0, 0.1) is 12.7 Å². The summed E-state index contributed by atoms with van der Waals surface area (Å²) in [7, 11) is 0. The summed E-state index contributed by atoms with van der Waals surface area (Å²) < 4.78 is 13.5. The number of nitrogens with two attached hydrogens (primary N) is 1. The fourth-order valence-corrected chi connectivity index (χ4v) is 2.57. The third-order valence-corrected chi connectivity index (χ3v) is 3.55. The molecule has 0 amide bonds. The van der Waals surface area contributed by atoms with Crippen LogP contribution in [0.2, 0.25) is 0 Å². The van der Waals surface area contributed by atoms with Gasteiger partial charge in [-0.15, -0.1) is 0 Å². The quantitative estimate of drug-likeness (QED) is 0.567. The zero-order valence-corrected chi connectivity index (χ0v) is 11.6. The molecule has 0 heterocycles. The second-order valence-corrected chi connectivity index (χ2v) is 5.08. The minimum absolute atomic E-state index is 0.212. The number of anilines is 1. The first-order valence-electron chi connectivity index (χ1n) is 6.65. The van der Waals surface area contributed by atoms with Crippen LogP contribution in [0.4, 0.5) is 10.1 Å². The summed E-state index contributed by atoms with van der Waals surface area (Å²) in [6.07, 6.45) is 0. The molecule has 0 aliphatic carbocycles. The first-order valence-corrected chi connectivity index (χ1v) is 6.65. The van der Waals surface area contributed by atoms with Crippen LogP contribution in [0.1, 0.15) is 21.5 Å². The summed E-state index contributed by atoms with van der Waals surface area (Å²) in [4.78, 5) is 12.8. The average Bonchev–Trinajstić information content (AvgIpc) is 2.45. The maximum Gasteiger partial charge on any atom is 0.194 e. The molecule has 0 aromatic heterocycles. The Hall–Kier alpha value is -2.68. The molecule has 2 N–H and O–H groups in total. The molecule has 3 aromatic carbocycles. The van der Waals surface area contributed by atoms with Gasteiger partial charge in [0.05, 0.1) is 0 Å². The van der Waals surface area contributed by atoms with Gasteiger partial charge in [0, 0.05) is 16.8 Å². The number of aryl methyl sites for hydroxylation is 1. The second kappa shape index (κ2) is 5.02. The summed E-state index contributed by atoms with van der Waals surface area (Å²) >= 11 is 0. The fraction of sp³-hybridized carbons (Fsp3) is 0.0556. The van der Waals surface area contributed by atoms with Gasteiger partial charge in [-0.05, 0) is 41.5 Å². The Labute approximate surface area is 122 Å². The first kappa shape index (κ1) is 13.3. The van der Waals surface area contributed by atoms with Crippen LogP contribution in [0.25, 0.3) is 10.8 Å². The molecular weight excluding hydrogens is 265 g/mol. The summed E-state index contributed by atoms with van der Waals surface area (Å²) in [5.74, 6) is -0.716. The van der Waals surface area contributed by atoms with E-state index >= 15 is 0 Å². The Bertz CT molecular complexity index is 835. The molecule has 3 aromatic rings. The van der Waals surface area contributed by atoms with Crippen LogP contribution in [0.5, 0.6) is 0 Å². The maximum absolute atomic E-state index is 13.5. The van der Waals surface area contributed by atoms with Crippen LogP contribution >= 0.6 is 0 Å². The van der Waals surface area contributed by atoms with E-state index in [1.54, 1.807) is 0 Å². The van der Waals surface area contributed by atoms with Crippen molar-refractivity contribution in [2.75, 3.05) is 5.73 Å². The van der Waals surface area contributed by atoms with Crippen molar-refractivity contribution in [1.29, 1.82) is 0 Å². The lowest BCUT2D eigenvalue weighted by atomic mass is 9.93. The van der Waals surface area contributed by atoms with Gasteiger partial charge in [-0.3, -0.25) is 4.79 Å². The molecule has 0 bridgehead atoms. The lowest BCUT2D eigenvalue weighted by molar-refractivity contribution is 0.103. The molecule has 0 radical (unpaired) electrons. The number of fused-ring (bicyclic) bond motifs is 1. The van der Waals surface area contributed by atoms with Gasteiger partial charge in [-0.1, -0.05) is 36.4 Å². The maximum atomic E-state index is 13.5. The van der Waals surface area contributed by atoms with Crippen LogP contribution in [0.3, 0.4) is 0 Å². The van der Waals surface area contributed by atoms with Gasteiger partial charge in [0.1, 0.15) is 5.82 Å². The number of nitrogen functional groups attached to an aromatic ring is 1. The number of hydrogen-bond acceptors (Lipinski definition) is 2. The van der Waals surface area contributed by atoms with Crippen molar-refractivity contribution >= 4 is 22.2 Å². The number of halogens is 1. The monoisotopic (exact) mass is 279 g/mol. The van der Waals surface area contributed by atoms with Gasteiger partial charge in [-0.25, -0.2) is 4.39 Å². The first-order chi connectivity index (χ1) is 10.1. The number of benzene rings is 3. The predicted molar refractivity (Wildman–Crippen MR) is 82.9 cm³/mol. The van der Waals surface area contributed by atoms with Gasteiger partial charge < -0.3 is 5.73 Å². The molecular formula is C18H14FNO. The highest BCUT2D eigenvalue weighted by Gasteiger charge is 2.16. The van der Waals surface area contributed by atoms with Gasteiger partial charge in [0.2, 0.25) is 0 Å². The third kappa shape index (κ3) is 2.38. The lowest BCUT2D eigenvalue weighted by Crippen LogP contribution is -2.06. The lowest BCUT2D eigenvalue weighted by Gasteiger charge is -2.10. The zero-order valence-electron chi connectivity index (χ0n) is 11.6. The molecule has 0 aliphatic heterocycles. The highest BCUT2D eigenvalue weighted by Crippen LogP contribution is 2.25. The van der Waals surface area contributed by atoms with Gasteiger partial charge >= 0.3 is 0 Å². The molecule has 0 fully saturated rings. The van der Waals surface area contributed by atoms with E-state index in [0.717, 1.165) is 16.3 Å². The van der Waals surface area contributed by atoms with Crippen molar-refractivity contribution in [2.24, 2.45) is 0 Å². The van der Waals surface area contributed by atoms with Gasteiger partial charge in [0.15, 0.2) is 5.78 Å². The summed E-state index contributed by atoms with van der Waals surface area (Å²) in [6, 6.07) is 15.5. The van der Waals surface area contributed by atoms with E-state index in [4.69, 9.17) is 5.73 Å². The van der Waals surface area contributed by atoms with E-state index in [-0.39, 0.29) is 17.0 Å². The van der Waals surface area contributed by atoms with Crippen molar-refractivity contribution < 1.29 is 9.18 Å². The SMILES string of the molecule is Cc1ccc2ccccc2c1C(=O)c1cc(N)cc(F)c1. The Morgan fingerprint density at radius 3 is 2.57 bits per heavy atom. The minimum atomic E-state index is -0.503. The highest BCUT2D eigenvalue weighted by atomic mass is 19.1. The van der Waals surface area contributed by atoms with E-state index in [0.29, 0.717) is 5.56 Å². The smallest absolute Gasteiger partial charge is 0.194 e. The largest absolute Gasteiger partial charge is 0.399 e. The number of ketones is 1. The van der Waals surface area contributed by atoms with Crippen LogP contribution < -0.4 is 5.73 Å². The van der Waals surface area contributed by atoms with Crippen molar-refractivity contribution in [1.82, 2.24) is 0 Å². The van der Waals surface area contributed by atoms with E-state index < -0.39 is 5.82 Å². The van der Waals surface area contributed by atoms with E-state index in [9.17, 15) is 9.18 Å². The third-order valence-electron chi connectivity index (χ3n) is 3.55. The Kier molecular flexibility index (Phi) is 3.18. The molecule has 104 valence electrons. The van der Waals surface area contributed by atoms with Crippen LogP contribution in [-0.4, -0.2) is 5.78 Å². The zero-order chi connectivity index (χ0) is 15.0. The molecule has 0 unspecified atom stereocenters. The number of rotatable bonds is 2. The van der Waals surface area contributed by atoms with E-state index in [1.807, 2.05) is 43.3 Å². The molecule has 21 heavy (non-hydrogen) atoms. The average molecular weight is 279 g/mol. The van der Waals surface area contributed by atoms with Gasteiger partial charge in [-0.2, -0.15) is 0 Å². The van der Waals surface area contributed by atoms with E-state index in [1.165, 1.54) is 18.2 Å². The molecule has 0 saturated carbocycles. The number of hydrogen-bond donors (Lipinski definition) is 1. The topological polar surface area (TPSA) is 43.1 Å². The standard InChI is InChI=1S/C18H14FNO/c1-11-6-7-12-4-2-3-5-16(12)17(11)18(21)13-8-14(19)10-15(20)9-13/h2-10H,20H2,1H3. The van der Waals surface area contributed by atoms with Crippen molar-refractivity contribution in [3.05, 3.63) is 77.1 Å². The molecule has 0 spiro atoms. The Morgan fingerprint density at radius 2 is 1.81 bits per heavy atom. The normalized spacial score (nSPS) is 10.8. The molecule has 3 heteroatoms. The van der Waals surface area contributed by atoms with Gasteiger partial charge in [0.25, 0.3) is 0 Å². The predicted octanol–water partition coefficient (Wildman–Crippen LogP) is 4.10. The molecule has 3 rings (SSSR count). The van der Waals surface area contributed by atoms with Crippen molar-refractivity contribution in [3.63, 3.8) is 0 Å². The molecule has 0 atom stereocenters. The fourth-order valence-electron chi connectivity index (χ4n) is 2.57. The molecule has 2 nitrogen and oxygen atoms in total. The Morgan fingerprint density at radius 1 is 1.05 bits per heavy atom. The van der Waals surface area contributed by atoms with Crippen LogP contribution in [-0.2, 0) is 0 Å². The van der Waals surface area contributed by atoms with E-state index in [2.05, 4.69) is 0 Å². The summed E-state index contributed by atoms with van der Waals surface area (Å²) in [6.45, 7) is 1.88.